The van der Waals surface area contributed by atoms with Gasteiger partial charge in [0.25, 0.3) is 0 Å². The van der Waals surface area contributed by atoms with Crippen LogP contribution in [0.2, 0.25) is 0 Å². The molecule has 1 aliphatic rings. The molecular weight excluding hydrogens is 441 g/mol. The van der Waals surface area contributed by atoms with Crippen molar-refractivity contribution in [1.29, 1.82) is 0 Å². The Morgan fingerprint density at radius 1 is 1.38 bits per heavy atom. The van der Waals surface area contributed by atoms with Crippen LogP contribution in [0.5, 0.6) is 0 Å². The third-order valence-corrected chi connectivity index (χ3v) is 6.69. The Balaban J connectivity index is 1.88. The third-order valence-electron chi connectivity index (χ3n) is 4.80. The van der Waals surface area contributed by atoms with E-state index >= 15 is 0 Å². The minimum absolute atomic E-state index is 0.00715. The molecule has 0 spiro atoms. The molecule has 32 heavy (non-hydrogen) atoms. The molecule has 1 saturated heterocycles. The Hall–Kier alpha value is -2.17. The van der Waals surface area contributed by atoms with Gasteiger partial charge in [-0.2, -0.15) is 0 Å². The molecule has 1 aromatic rings. The zero-order valence-corrected chi connectivity index (χ0v) is 19.8. The van der Waals surface area contributed by atoms with Crippen molar-refractivity contribution in [1.82, 2.24) is 15.4 Å². The summed E-state index contributed by atoms with van der Waals surface area (Å²) in [5.41, 5.74) is 0.0408. The fourth-order valence-corrected chi connectivity index (χ4v) is 5.14. The molecule has 2 heterocycles. The second-order valence-electron chi connectivity index (χ2n) is 8.08. The van der Waals surface area contributed by atoms with Crippen LogP contribution in [0.1, 0.15) is 32.9 Å². The van der Waals surface area contributed by atoms with Crippen molar-refractivity contribution in [3.63, 3.8) is 0 Å². The summed E-state index contributed by atoms with van der Waals surface area (Å²) in [6, 6.07) is 4.54. The quantitative estimate of drug-likeness (QED) is 0.327. The molecule has 1 amide bonds. The minimum atomic E-state index is -4.06. The van der Waals surface area contributed by atoms with Gasteiger partial charge in [-0.1, -0.05) is 0 Å². The van der Waals surface area contributed by atoms with Gasteiger partial charge < -0.3 is 0 Å². The molecule has 1 fully saturated rings. The molecule has 0 aliphatic carbocycles. The van der Waals surface area contributed by atoms with Crippen LogP contribution < -0.4 is 10.4 Å². The van der Waals surface area contributed by atoms with Gasteiger partial charge in [-0.05, 0) is 0 Å². The average Bonchev–Trinajstić information content (AvgIpc) is 2.76. The number of carbonyl (C=O) groups is 3. The number of amides is 1. The first kappa shape index (κ1) is 26.1. The van der Waals surface area contributed by atoms with Crippen LogP contribution in [0, 0.1) is 5.41 Å². The standard InChI is InChI=1S/C20H32N3O8P/c1-14(19(26)29-12-9-15-7-5-6-10-21-15)23-32(27)30-13-20(2,3)17(31-32)18(25)22-11-8-16(24)28-4/h5-7,10,14,17,23,27,32H,8-9,11-13H2,1-4H3,(H,22,25)/t14-,17-/m0/s1. The van der Waals surface area contributed by atoms with Crippen LogP contribution in [0.3, 0.4) is 0 Å². The van der Waals surface area contributed by atoms with Crippen molar-refractivity contribution >= 4 is 25.9 Å². The fraction of sp³-hybridized carbons (Fsp3) is 0.600. The van der Waals surface area contributed by atoms with E-state index in [0.717, 1.165) is 5.69 Å². The monoisotopic (exact) mass is 473 g/mol. The van der Waals surface area contributed by atoms with Crippen LogP contribution in [0.15, 0.2) is 24.4 Å². The van der Waals surface area contributed by atoms with E-state index in [9.17, 15) is 19.3 Å². The van der Waals surface area contributed by atoms with Gasteiger partial charge in [-0.15, -0.1) is 0 Å². The number of esters is 2. The van der Waals surface area contributed by atoms with E-state index in [1.165, 1.54) is 14.0 Å². The van der Waals surface area contributed by atoms with Gasteiger partial charge in [0.1, 0.15) is 0 Å². The van der Waals surface area contributed by atoms with Gasteiger partial charge in [-0.3, -0.25) is 0 Å². The van der Waals surface area contributed by atoms with Gasteiger partial charge in [0.15, 0.2) is 0 Å². The molecule has 0 bridgehead atoms. The Morgan fingerprint density at radius 3 is 2.78 bits per heavy atom. The molecule has 0 unspecified atom stereocenters. The van der Waals surface area contributed by atoms with E-state index in [-0.39, 0.29) is 26.2 Å². The summed E-state index contributed by atoms with van der Waals surface area (Å²) in [4.78, 5) is 51.1. The van der Waals surface area contributed by atoms with Crippen LogP contribution in [-0.2, 0) is 39.3 Å². The first-order valence-corrected chi connectivity index (χ1v) is 12.1. The van der Waals surface area contributed by atoms with Crippen molar-refractivity contribution in [3.8, 4) is 0 Å². The molecule has 1 aromatic heterocycles. The number of carbonyl (C=O) groups excluding carboxylic acids is 3. The van der Waals surface area contributed by atoms with E-state index in [0.29, 0.717) is 6.42 Å². The summed E-state index contributed by atoms with van der Waals surface area (Å²) in [6.07, 6.45) is 1.07. The van der Waals surface area contributed by atoms with Crippen LogP contribution >= 0.6 is 8.09 Å². The molecular formula is C20H32N3O8P. The second kappa shape index (κ2) is 11.6. The number of methoxy groups -OCH3 is 1. The number of ether oxygens (including phenoxy) is 2. The van der Waals surface area contributed by atoms with E-state index < -0.39 is 43.5 Å². The van der Waals surface area contributed by atoms with Gasteiger partial charge in [-0.25, -0.2) is 0 Å². The Kier molecular flexibility index (Phi) is 9.47. The third kappa shape index (κ3) is 7.75. The number of hydrogen-bond donors (Lipinski definition) is 3. The second-order valence-corrected chi connectivity index (χ2v) is 10.1. The Bertz CT molecular complexity index is 794. The van der Waals surface area contributed by atoms with E-state index in [2.05, 4.69) is 20.1 Å². The number of pyridine rings is 1. The van der Waals surface area contributed by atoms with Crippen LogP contribution in [-0.4, -0.2) is 66.7 Å². The fourth-order valence-electron chi connectivity index (χ4n) is 2.94. The van der Waals surface area contributed by atoms with Gasteiger partial charge in [0.05, 0.1) is 0 Å². The predicted octanol–water partition coefficient (Wildman–Crippen LogP) is 0.669. The summed E-state index contributed by atoms with van der Waals surface area (Å²) in [7, 11) is -2.80. The molecule has 11 nitrogen and oxygen atoms in total. The van der Waals surface area contributed by atoms with Crippen LogP contribution in [0.25, 0.3) is 0 Å². The van der Waals surface area contributed by atoms with Gasteiger partial charge in [0, 0.05) is 0 Å². The number of aromatic nitrogens is 1. The molecule has 180 valence electrons. The molecule has 0 saturated carbocycles. The maximum atomic E-state index is 12.6. The number of rotatable bonds is 10. The van der Waals surface area contributed by atoms with Crippen molar-refractivity contribution in [3.05, 3.63) is 30.1 Å². The van der Waals surface area contributed by atoms with E-state index in [1.54, 1.807) is 26.1 Å². The first-order valence-electron chi connectivity index (χ1n) is 10.3. The van der Waals surface area contributed by atoms with Gasteiger partial charge in [0.2, 0.25) is 0 Å². The summed E-state index contributed by atoms with van der Waals surface area (Å²) in [5.74, 6) is -1.56. The van der Waals surface area contributed by atoms with Crippen molar-refractivity contribution in [2.24, 2.45) is 5.41 Å². The Morgan fingerprint density at radius 2 is 2.12 bits per heavy atom. The Labute approximate surface area is 187 Å². The van der Waals surface area contributed by atoms with Gasteiger partial charge >= 0.3 is 187 Å². The number of nitrogens with one attached hydrogen (secondary N) is 2. The molecule has 2 rings (SSSR count). The molecule has 3 N–H and O–H groups in total. The maximum absolute atomic E-state index is 12.6. The summed E-state index contributed by atoms with van der Waals surface area (Å²) >= 11 is 0. The van der Waals surface area contributed by atoms with Crippen LogP contribution in [0.4, 0.5) is 0 Å². The first-order chi connectivity index (χ1) is 15.1. The van der Waals surface area contributed by atoms with E-state index in [4.69, 9.17) is 13.8 Å². The topological polar surface area (TPSA) is 145 Å². The zero-order valence-electron chi connectivity index (χ0n) is 18.8. The number of nitrogens with zero attached hydrogens (tertiary/aromatic N) is 1. The summed E-state index contributed by atoms with van der Waals surface area (Å²) in [5, 5.41) is 5.25. The zero-order chi connectivity index (χ0) is 23.8. The predicted molar refractivity (Wildman–Crippen MR) is 116 cm³/mol. The number of hydrogen-bond acceptors (Lipinski definition) is 10. The summed E-state index contributed by atoms with van der Waals surface area (Å²) in [6.45, 7) is 5.23. The van der Waals surface area contributed by atoms with Crippen molar-refractivity contribution in [2.45, 2.75) is 45.8 Å². The molecule has 0 aromatic carbocycles. The SMILES string of the molecule is COC(=O)CCNC(=O)[C@@H]1O[PH](O)(N[C@@H](C)C(=O)OCCc2ccccn2)OCC1(C)C. The average molecular weight is 473 g/mol. The molecule has 1 aliphatic heterocycles. The normalized spacial score (nSPS) is 21.1. The van der Waals surface area contributed by atoms with E-state index in [1.807, 2.05) is 12.1 Å². The summed E-state index contributed by atoms with van der Waals surface area (Å²) < 4.78 is 20.9. The molecule has 12 heteroatoms. The molecule has 0 radical (unpaired) electrons. The van der Waals surface area contributed by atoms with Crippen molar-refractivity contribution in [2.75, 3.05) is 26.9 Å². The van der Waals surface area contributed by atoms with Crippen molar-refractivity contribution < 1.29 is 37.8 Å². The molecule has 2 atom stereocenters.